The maximum Gasteiger partial charge on any atom is 0.269 e. The molecule has 7 nitrogen and oxygen atoms in total. The third-order valence-electron chi connectivity index (χ3n) is 4.09. The van der Waals surface area contributed by atoms with Crippen LogP contribution in [-0.2, 0) is 11.2 Å². The zero-order chi connectivity index (χ0) is 19.5. The van der Waals surface area contributed by atoms with E-state index in [1.807, 2.05) is 36.4 Å². The predicted octanol–water partition coefficient (Wildman–Crippen LogP) is 4.45. The van der Waals surface area contributed by atoms with Crippen molar-refractivity contribution in [1.82, 2.24) is 9.97 Å². The highest BCUT2D eigenvalue weighted by atomic mass is 32.1. The number of hydrogen-bond donors (Lipinski definition) is 1. The molecule has 8 heteroatoms. The summed E-state index contributed by atoms with van der Waals surface area (Å²) < 4.78 is 0. The van der Waals surface area contributed by atoms with Gasteiger partial charge in [0.1, 0.15) is 15.4 Å². The number of rotatable bonds is 5. The van der Waals surface area contributed by atoms with Gasteiger partial charge in [0, 0.05) is 29.6 Å². The van der Waals surface area contributed by atoms with Crippen LogP contribution in [0.25, 0.3) is 20.9 Å². The minimum absolute atomic E-state index is 0.00444. The summed E-state index contributed by atoms with van der Waals surface area (Å²) in [7, 11) is 0. The van der Waals surface area contributed by atoms with Crippen molar-refractivity contribution in [3.8, 4) is 10.6 Å². The fraction of sp³-hybridized carbons (Fsp3) is 0.0500. The number of aromatic nitrogens is 2. The second kappa shape index (κ2) is 7.53. The van der Waals surface area contributed by atoms with Gasteiger partial charge < -0.3 is 5.32 Å². The van der Waals surface area contributed by atoms with E-state index in [0.29, 0.717) is 11.3 Å². The van der Waals surface area contributed by atoms with E-state index in [2.05, 4.69) is 15.3 Å². The summed E-state index contributed by atoms with van der Waals surface area (Å²) in [5.41, 5.74) is 3.21. The Morgan fingerprint density at radius 3 is 2.50 bits per heavy atom. The second-order valence-electron chi connectivity index (χ2n) is 6.07. The Balaban J connectivity index is 1.42. The van der Waals surface area contributed by atoms with Gasteiger partial charge in [-0.25, -0.2) is 9.97 Å². The highest BCUT2D eigenvalue weighted by molar-refractivity contribution is 7.21. The first kappa shape index (κ1) is 17.7. The van der Waals surface area contributed by atoms with E-state index in [-0.39, 0.29) is 18.0 Å². The number of benzene rings is 2. The van der Waals surface area contributed by atoms with Gasteiger partial charge in [0.25, 0.3) is 5.69 Å². The van der Waals surface area contributed by atoms with Crippen LogP contribution < -0.4 is 5.32 Å². The highest BCUT2D eigenvalue weighted by Crippen LogP contribution is 2.29. The average molecular weight is 390 g/mol. The molecule has 2 heterocycles. The molecule has 0 spiro atoms. The molecule has 0 unspecified atom stereocenters. The Bertz CT molecular complexity index is 1120. The lowest BCUT2D eigenvalue weighted by Gasteiger charge is -2.06. The molecule has 0 aliphatic rings. The van der Waals surface area contributed by atoms with Gasteiger partial charge in [0.05, 0.1) is 11.3 Å². The van der Waals surface area contributed by atoms with Gasteiger partial charge in [-0.1, -0.05) is 23.5 Å². The van der Waals surface area contributed by atoms with Crippen LogP contribution in [0.2, 0.25) is 0 Å². The summed E-state index contributed by atoms with van der Waals surface area (Å²) in [5.74, 6) is -0.189. The molecule has 0 saturated heterocycles. The lowest BCUT2D eigenvalue weighted by Crippen LogP contribution is -2.14. The number of fused-ring (bicyclic) bond motifs is 1. The molecule has 0 radical (unpaired) electrons. The van der Waals surface area contributed by atoms with Gasteiger partial charge in [-0.2, -0.15) is 0 Å². The zero-order valence-corrected chi connectivity index (χ0v) is 15.3. The molecule has 28 heavy (non-hydrogen) atoms. The quantitative estimate of drug-likeness (QED) is 0.401. The van der Waals surface area contributed by atoms with E-state index in [1.165, 1.54) is 23.5 Å². The van der Waals surface area contributed by atoms with Crippen LogP contribution in [0.4, 0.5) is 11.4 Å². The maximum absolute atomic E-state index is 12.2. The summed E-state index contributed by atoms with van der Waals surface area (Å²) in [4.78, 5) is 32.2. The molecule has 0 atom stereocenters. The topological polar surface area (TPSA) is 98.0 Å². The van der Waals surface area contributed by atoms with Gasteiger partial charge in [-0.3, -0.25) is 14.9 Å². The average Bonchev–Trinajstić information content (AvgIpc) is 3.13. The lowest BCUT2D eigenvalue weighted by molar-refractivity contribution is -0.384. The summed E-state index contributed by atoms with van der Waals surface area (Å²) >= 11 is 1.52. The number of carbonyl (C=O) groups is 1. The monoisotopic (exact) mass is 390 g/mol. The van der Waals surface area contributed by atoms with E-state index in [0.717, 1.165) is 20.9 Å². The van der Waals surface area contributed by atoms with Crippen LogP contribution in [0.15, 0.2) is 66.9 Å². The number of carbonyl (C=O) groups excluding carboxylic acids is 1. The molecular weight excluding hydrogens is 376 g/mol. The number of nitrogens with one attached hydrogen (secondary N) is 1. The fourth-order valence-electron chi connectivity index (χ4n) is 2.72. The number of hydrogen-bond acceptors (Lipinski definition) is 6. The third kappa shape index (κ3) is 3.86. The van der Waals surface area contributed by atoms with Gasteiger partial charge >= 0.3 is 0 Å². The number of thiazole rings is 1. The van der Waals surface area contributed by atoms with Gasteiger partial charge in [0.15, 0.2) is 0 Å². The molecule has 2 aromatic heterocycles. The molecule has 4 aromatic rings. The Hall–Kier alpha value is -3.65. The minimum atomic E-state index is -0.465. The number of non-ortho nitro benzene ring substituents is 1. The van der Waals surface area contributed by atoms with Crippen LogP contribution in [-0.4, -0.2) is 20.8 Å². The van der Waals surface area contributed by atoms with Gasteiger partial charge in [-0.05, 0) is 42.0 Å². The lowest BCUT2D eigenvalue weighted by atomic mass is 10.1. The van der Waals surface area contributed by atoms with Gasteiger partial charge in [-0.15, -0.1) is 0 Å². The molecule has 0 saturated carbocycles. The smallest absolute Gasteiger partial charge is 0.269 e. The van der Waals surface area contributed by atoms with Crippen molar-refractivity contribution in [2.24, 2.45) is 0 Å². The molecule has 0 aliphatic heterocycles. The van der Waals surface area contributed by atoms with Crippen LogP contribution >= 0.6 is 11.3 Å². The Morgan fingerprint density at radius 1 is 1.07 bits per heavy atom. The normalized spacial score (nSPS) is 10.7. The summed E-state index contributed by atoms with van der Waals surface area (Å²) in [6, 6.07) is 17.2. The summed E-state index contributed by atoms with van der Waals surface area (Å²) in [6.07, 6.45) is 1.89. The summed E-state index contributed by atoms with van der Waals surface area (Å²) in [6.45, 7) is 0. The largest absolute Gasteiger partial charge is 0.326 e. The Labute approximate surface area is 163 Å². The van der Waals surface area contributed by atoms with Crippen LogP contribution in [0.1, 0.15) is 5.56 Å². The molecule has 0 fully saturated rings. The number of nitro benzene ring substituents is 1. The molecule has 2 aromatic carbocycles. The first-order chi connectivity index (χ1) is 13.6. The number of amides is 1. The molecule has 138 valence electrons. The highest BCUT2D eigenvalue weighted by Gasteiger charge is 2.09. The standard InChI is InChI=1S/C20H14N4O3S/c25-18(12-13-3-9-16(10-4-13)24(26)27)22-15-7-5-14(6-8-15)19-23-17-2-1-11-21-20(17)28-19/h1-11H,12H2,(H,22,25). The van der Waals surface area contributed by atoms with Crippen LogP contribution in [0.3, 0.4) is 0 Å². The van der Waals surface area contributed by atoms with E-state index in [9.17, 15) is 14.9 Å². The second-order valence-corrected chi connectivity index (χ2v) is 7.05. The number of pyridine rings is 1. The number of anilines is 1. The van der Waals surface area contributed by atoms with Crippen molar-refractivity contribution in [1.29, 1.82) is 0 Å². The van der Waals surface area contributed by atoms with Crippen molar-refractivity contribution in [3.63, 3.8) is 0 Å². The third-order valence-corrected chi connectivity index (χ3v) is 5.12. The van der Waals surface area contributed by atoms with Crippen molar-refractivity contribution < 1.29 is 9.72 Å². The van der Waals surface area contributed by atoms with Crippen molar-refractivity contribution >= 4 is 39.0 Å². The van der Waals surface area contributed by atoms with Crippen molar-refractivity contribution in [3.05, 3.63) is 82.5 Å². The number of nitrogens with zero attached hydrogens (tertiary/aromatic N) is 3. The number of nitro groups is 1. The molecule has 0 bridgehead atoms. The van der Waals surface area contributed by atoms with Crippen LogP contribution in [0.5, 0.6) is 0 Å². The Morgan fingerprint density at radius 2 is 1.82 bits per heavy atom. The zero-order valence-electron chi connectivity index (χ0n) is 14.5. The van der Waals surface area contributed by atoms with E-state index in [1.54, 1.807) is 18.3 Å². The minimum Gasteiger partial charge on any atom is -0.326 e. The van der Waals surface area contributed by atoms with Gasteiger partial charge in [0.2, 0.25) is 5.91 Å². The first-order valence-electron chi connectivity index (χ1n) is 8.44. The van der Waals surface area contributed by atoms with E-state index < -0.39 is 4.92 Å². The van der Waals surface area contributed by atoms with Crippen molar-refractivity contribution in [2.45, 2.75) is 6.42 Å². The Kier molecular flexibility index (Phi) is 4.77. The molecule has 0 aliphatic carbocycles. The predicted molar refractivity (Wildman–Crippen MR) is 108 cm³/mol. The maximum atomic E-state index is 12.2. The molecule has 1 N–H and O–H groups in total. The first-order valence-corrected chi connectivity index (χ1v) is 9.25. The summed E-state index contributed by atoms with van der Waals surface area (Å²) in [5, 5.41) is 14.4. The fourth-order valence-corrected chi connectivity index (χ4v) is 3.63. The molecular formula is C20H14N4O3S. The SMILES string of the molecule is O=C(Cc1ccc([N+](=O)[O-])cc1)Nc1ccc(-c2nc3cccnc3s2)cc1. The molecule has 1 amide bonds. The molecule has 4 rings (SSSR count). The van der Waals surface area contributed by atoms with Crippen LogP contribution in [0, 0.1) is 10.1 Å². The van der Waals surface area contributed by atoms with E-state index in [4.69, 9.17) is 0 Å². The van der Waals surface area contributed by atoms with E-state index >= 15 is 0 Å². The van der Waals surface area contributed by atoms with Crippen molar-refractivity contribution in [2.75, 3.05) is 5.32 Å².